The zero-order chi connectivity index (χ0) is 22.5. The number of hydrogen-bond acceptors (Lipinski definition) is 5. The number of carbonyl (C=O) groups is 2. The van der Waals surface area contributed by atoms with Gasteiger partial charge in [0.1, 0.15) is 18.0 Å². The van der Waals surface area contributed by atoms with Gasteiger partial charge in [0, 0.05) is 22.3 Å². The second-order valence-corrected chi connectivity index (χ2v) is 8.55. The molecule has 0 radical (unpaired) electrons. The Labute approximate surface area is 191 Å². The van der Waals surface area contributed by atoms with Gasteiger partial charge in [-0.05, 0) is 54.1 Å². The van der Waals surface area contributed by atoms with Crippen molar-refractivity contribution in [3.63, 3.8) is 0 Å². The second kappa shape index (κ2) is 9.78. The SMILES string of the molecule is COc1ccc(NC(=O)CN2C(=O)CC(c3ccc(OC)cc3)Sc3ccccc32)cc1. The van der Waals surface area contributed by atoms with Gasteiger partial charge in [0.05, 0.1) is 19.9 Å². The zero-order valence-electron chi connectivity index (χ0n) is 17.9. The van der Waals surface area contributed by atoms with Crippen LogP contribution in [0.2, 0.25) is 0 Å². The molecule has 4 rings (SSSR count). The van der Waals surface area contributed by atoms with Gasteiger partial charge in [0.25, 0.3) is 0 Å². The fourth-order valence-electron chi connectivity index (χ4n) is 3.57. The van der Waals surface area contributed by atoms with E-state index in [4.69, 9.17) is 9.47 Å². The molecule has 6 nitrogen and oxygen atoms in total. The Morgan fingerprint density at radius 2 is 1.59 bits per heavy atom. The number of methoxy groups -OCH3 is 2. The Morgan fingerprint density at radius 1 is 0.969 bits per heavy atom. The van der Waals surface area contributed by atoms with Crippen molar-refractivity contribution in [2.75, 3.05) is 31.0 Å². The molecule has 0 saturated carbocycles. The Bertz CT molecular complexity index is 1100. The summed E-state index contributed by atoms with van der Waals surface area (Å²) in [6, 6.07) is 22.6. The lowest BCUT2D eigenvalue weighted by Crippen LogP contribution is -2.38. The van der Waals surface area contributed by atoms with E-state index in [0.29, 0.717) is 17.9 Å². The van der Waals surface area contributed by atoms with Crippen LogP contribution in [0.3, 0.4) is 0 Å². The monoisotopic (exact) mass is 448 g/mol. The first kappa shape index (κ1) is 21.8. The van der Waals surface area contributed by atoms with Gasteiger partial charge < -0.3 is 19.7 Å². The summed E-state index contributed by atoms with van der Waals surface area (Å²) in [6.07, 6.45) is 0.293. The Balaban J connectivity index is 1.54. The largest absolute Gasteiger partial charge is 0.497 e. The molecule has 0 spiro atoms. The third-order valence-electron chi connectivity index (χ3n) is 5.25. The lowest BCUT2D eigenvalue weighted by Gasteiger charge is -2.22. The number of fused-ring (bicyclic) bond motifs is 1. The van der Waals surface area contributed by atoms with Crippen molar-refractivity contribution < 1.29 is 19.1 Å². The van der Waals surface area contributed by atoms with Crippen LogP contribution in [0.1, 0.15) is 17.2 Å². The summed E-state index contributed by atoms with van der Waals surface area (Å²) in [7, 11) is 3.22. The number of ether oxygens (including phenoxy) is 2. The highest BCUT2D eigenvalue weighted by molar-refractivity contribution is 7.99. The van der Waals surface area contributed by atoms with Crippen molar-refractivity contribution >= 4 is 35.0 Å². The number of carbonyl (C=O) groups excluding carboxylic acids is 2. The van der Waals surface area contributed by atoms with Gasteiger partial charge >= 0.3 is 0 Å². The van der Waals surface area contributed by atoms with Crippen molar-refractivity contribution in [2.24, 2.45) is 0 Å². The van der Waals surface area contributed by atoms with Crippen LogP contribution in [0.4, 0.5) is 11.4 Å². The maximum Gasteiger partial charge on any atom is 0.244 e. The number of anilines is 2. The van der Waals surface area contributed by atoms with Crippen LogP contribution in [0.15, 0.2) is 77.7 Å². The van der Waals surface area contributed by atoms with E-state index < -0.39 is 0 Å². The first-order chi connectivity index (χ1) is 15.6. The molecule has 1 atom stereocenters. The molecule has 1 N–H and O–H groups in total. The molecule has 0 aromatic heterocycles. The standard InChI is InChI=1S/C25H24N2O4S/c1-30-19-11-7-17(8-12-19)23-15-25(29)27(21-5-3-4-6-22(21)32-23)16-24(28)26-18-9-13-20(31-2)14-10-18/h3-14,23H,15-16H2,1-2H3,(H,26,28). The van der Waals surface area contributed by atoms with Gasteiger partial charge in [-0.3, -0.25) is 9.59 Å². The molecule has 0 bridgehead atoms. The molecule has 7 heteroatoms. The number of benzene rings is 3. The number of rotatable bonds is 6. The van der Waals surface area contributed by atoms with E-state index in [1.54, 1.807) is 55.1 Å². The minimum Gasteiger partial charge on any atom is -0.497 e. The Kier molecular flexibility index (Phi) is 6.66. The number of nitrogens with zero attached hydrogens (tertiary/aromatic N) is 1. The van der Waals surface area contributed by atoms with Gasteiger partial charge in [0.15, 0.2) is 0 Å². The smallest absolute Gasteiger partial charge is 0.244 e. The molecule has 0 fully saturated rings. The molecule has 1 aliphatic rings. The van der Waals surface area contributed by atoms with Crippen LogP contribution in [-0.2, 0) is 9.59 Å². The first-order valence-corrected chi connectivity index (χ1v) is 11.1. The Morgan fingerprint density at radius 3 is 2.25 bits per heavy atom. The van der Waals surface area contributed by atoms with E-state index >= 15 is 0 Å². The summed E-state index contributed by atoms with van der Waals surface area (Å²) >= 11 is 1.64. The quantitative estimate of drug-likeness (QED) is 0.580. The normalized spacial score (nSPS) is 15.5. The number of thioether (sulfide) groups is 1. The third kappa shape index (κ3) is 4.89. The minimum absolute atomic E-state index is 0.0517. The molecule has 1 aliphatic heterocycles. The highest BCUT2D eigenvalue weighted by Gasteiger charge is 2.30. The van der Waals surface area contributed by atoms with Crippen molar-refractivity contribution in [1.82, 2.24) is 0 Å². The predicted octanol–water partition coefficient (Wildman–Crippen LogP) is 4.91. The van der Waals surface area contributed by atoms with Crippen LogP contribution in [0.5, 0.6) is 11.5 Å². The summed E-state index contributed by atoms with van der Waals surface area (Å²) in [6.45, 7) is -0.0578. The van der Waals surface area contributed by atoms with Crippen LogP contribution in [-0.4, -0.2) is 32.6 Å². The summed E-state index contributed by atoms with van der Waals surface area (Å²) in [4.78, 5) is 28.6. The van der Waals surface area contributed by atoms with Crippen LogP contribution in [0.25, 0.3) is 0 Å². The highest BCUT2D eigenvalue weighted by Crippen LogP contribution is 2.45. The Hall–Kier alpha value is -3.45. The molecule has 32 heavy (non-hydrogen) atoms. The molecule has 3 aromatic rings. The molecule has 164 valence electrons. The van der Waals surface area contributed by atoms with Gasteiger partial charge in [-0.2, -0.15) is 0 Å². The molecular formula is C25H24N2O4S. The molecule has 3 aromatic carbocycles. The summed E-state index contributed by atoms with van der Waals surface area (Å²) in [5.41, 5.74) is 2.45. The van der Waals surface area contributed by atoms with Crippen molar-refractivity contribution in [1.29, 1.82) is 0 Å². The van der Waals surface area contributed by atoms with Gasteiger partial charge in [-0.1, -0.05) is 24.3 Å². The van der Waals surface area contributed by atoms with Crippen molar-refractivity contribution in [3.8, 4) is 11.5 Å². The molecule has 2 amide bonds. The average Bonchev–Trinajstić information content (AvgIpc) is 2.96. The number of nitrogens with one attached hydrogen (secondary N) is 1. The van der Waals surface area contributed by atoms with Gasteiger partial charge in [-0.15, -0.1) is 11.8 Å². The summed E-state index contributed by atoms with van der Waals surface area (Å²) < 4.78 is 10.4. The number of para-hydroxylation sites is 1. The zero-order valence-corrected chi connectivity index (χ0v) is 18.7. The fraction of sp³-hybridized carbons (Fsp3) is 0.200. The lowest BCUT2D eigenvalue weighted by molar-refractivity contribution is -0.121. The molecule has 1 unspecified atom stereocenters. The van der Waals surface area contributed by atoms with Crippen molar-refractivity contribution in [3.05, 3.63) is 78.4 Å². The molecular weight excluding hydrogens is 424 g/mol. The van der Waals surface area contributed by atoms with E-state index in [-0.39, 0.29) is 23.6 Å². The maximum atomic E-state index is 13.2. The van der Waals surface area contributed by atoms with Gasteiger partial charge in [-0.25, -0.2) is 0 Å². The fourth-order valence-corrected chi connectivity index (χ4v) is 4.86. The maximum absolute atomic E-state index is 13.2. The number of hydrogen-bond donors (Lipinski definition) is 1. The molecule has 0 aliphatic carbocycles. The third-order valence-corrected chi connectivity index (χ3v) is 6.57. The predicted molar refractivity (Wildman–Crippen MR) is 127 cm³/mol. The topological polar surface area (TPSA) is 67.9 Å². The van der Waals surface area contributed by atoms with Crippen LogP contribution < -0.4 is 19.7 Å². The van der Waals surface area contributed by atoms with Gasteiger partial charge in [0.2, 0.25) is 11.8 Å². The van der Waals surface area contributed by atoms with E-state index in [1.807, 2.05) is 48.5 Å². The van der Waals surface area contributed by atoms with Crippen molar-refractivity contribution in [2.45, 2.75) is 16.6 Å². The molecule has 0 saturated heterocycles. The summed E-state index contributed by atoms with van der Waals surface area (Å²) in [5.74, 6) is 1.14. The second-order valence-electron chi connectivity index (χ2n) is 7.31. The summed E-state index contributed by atoms with van der Waals surface area (Å²) in [5, 5.41) is 2.81. The number of amides is 2. The van der Waals surface area contributed by atoms with Crippen LogP contribution >= 0.6 is 11.8 Å². The van der Waals surface area contributed by atoms with E-state index in [9.17, 15) is 9.59 Å². The average molecular weight is 449 g/mol. The molecule has 1 heterocycles. The lowest BCUT2D eigenvalue weighted by atomic mass is 10.1. The van der Waals surface area contributed by atoms with Crippen LogP contribution in [0, 0.1) is 0 Å². The van der Waals surface area contributed by atoms with E-state index in [0.717, 1.165) is 21.9 Å². The first-order valence-electron chi connectivity index (χ1n) is 10.2. The van der Waals surface area contributed by atoms with E-state index in [1.165, 1.54) is 0 Å². The highest BCUT2D eigenvalue weighted by atomic mass is 32.2. The minimum atomic E-state index is -0.258. The van der Waals surface area contributed by atoms with E-state index in [2.05, 4.69) is 5.32 Å².